The summed E-state index contributed by atoms with van der Waals surface area (Å²) in [5.74, 6) is -1.23. The molecule has 0 aromatic heterocycles. The summed E-state index contributed by atoms with van der Waals surface area (Å²) < 4.78 is 38.0. The first-order valence-corrected chi connectivity index (χ1v) is 5.74. The van der Waals surface area contributed by atoms with E-state index in [0.29, 0.717) is 5.56 Å². The van der Waals surface area contributed by atoms with Crippen molar-refractivity contribution in [3.63, 3.8) is 0 Å². The van der Waals surface area contributed by atoms with Crippen molar-refractivity contribution in [1.29, 1.82) is 0 Å². The Balaban J connectivity index is 2.86. The number of nitrogens with one attached hydrogen (secondary N) is 2. The van der Waals surface area contributed by atoms with E-state index in [-0.39, 0.29) is 12.2 Å². The Morgan fingerprint density at radius 2 is 2.05 bits per heavy atom. The highest BCUT2D eigenvalue weighted by Gasteiger charge is 2.33. The number of aliphatic carboxylic acids is 1. The molecule has 0 heterocycles. The monoisotopic (exact) mass is 292 g/mol. The van der Waals surface area contributed by atoms with E-state index < -0.39 is 30.4 Å². The quantitative estimate of drug-likeness (QED) is 0.635. The maximum Gasteiger partial charge on any atom is 0.418 e. The van der Waals surface area contributed by atoms with Crippen LogP contribution < -0.4 is 10.6 Å². The van der Waals surface area contributed by atoms with E-state index in [9.17, 15) is 18.0 Å². The van der Waals surface area contributed by atoms with Gasteiger partial charge >= 0.3 is 12.1 Å². The predicted octanol–water partition coefficient (Wildman–Crippen LogP) is 1.28. The Morgan fingerprint density at radius 1 is 1.40 bits per heavy atom. The minimum absolute atomic E-state index is 0.0321. The van der Waals surface area contributed by atoms with Gasteiger partial charge < -0.3 is 15.5 Å². The van der Waals surface area contributed by atoms with Crippen LogP contribution >= 0.6 is 0 Å². The molecule has 0 amide bonds. The molecule has 8 heteroatoms. The lowest BCUT2D eigenvalue weighted by Crippen LogP contribution is -2.39. The fourth-order valence-electron chi connectivity index (χ4n) is 1.63. The van der Waals surface area contributed by atoms with Gasteiger partial charge in [-0.3, -0.25) is 10.1 Å². The van der Waals surface area contributed by atoms with Crippen molar-refractivity contribution in [1.82, 2.24) is 5.32 Å². The molecule has 0 aliphatic heterocycles. The Labute approximate surface area is 113 Å². The number of carbonyl (C=O) groups is 1. The maximum absolute atomic E-state index is 12.7. The SMILES string of the molecule is CNc1cc(CNC(CO)C(=O)O)ccc1C(F)(F)F. The van der Waals surface area contributed by atoms with E-state index in [1.54, 1.807) is 0 Å². The molecule has 1 rings (SSSR count). The van der Waals surface area contributed by atoms with Crippen molar-refractivity contribution in [3.8, 4) is 0 Å². The third kappa shape index (κ3) is 4.10. The highest BCUT2D eigenvalue weighted by Crippen LogP contribution is 2.35. The summed E-state index contributed by atoms with van der Waals surface area (Å²) in [7, 11) is 1.37. The number of rotatable bonds is 6. The third-order valence-electron chi connectivity index (χ3n) is 2.69. The van der Waals surface area contributed by atoms with Gasteiger partial charge in [-0.1, -0.05) is 6.07 Å². The Kier molecular flexibility index (Phi) is 5.34. The van der Waals surface area contributed by atoms with Crippen LogP contribution in [0.3, 0.4) is 0 Å². The molecule has 0 aliphatic rings. The molecule has 1 aromatic rings. The summed E-state index contributed by atoms with van der Waals surface area (Å²) in [6.07, 6.45) is -4.46. The van der Waals surface area contributed by atoms with Gasteiger partial charge in [0.2, 0.25) is 0 Å². The molecule has 0 saturated heterocycles. The van der Waals surface area contributed by atoms with Crippen LogP contribution in [-0.4, -0.2) is 35.9 Å². The maximum atomic E-state index is 12.7. The fourth-order valence-corrected chi connectivity index (χ4v) is 1.63. The van der Waals surface area contributed by atoms with Crippen LogP contribution in [0.4, 0.5) is 18.9 Å². The first-order valence-electron chi connectivity index (χ1n) is 5.74. The molecule has 4 N–H and O–H groups in total. The summed E-state index contributed by atoms with van der Waals surface area (Å²) in [4.78, 5) is 10.7. The van der Waals surface area contributed by atoms with E-state index in [2.05, 4.69) is 10.6 Å². The first-order chi connectivity index (χ1) is 9.29. The molecule has 1 aromatic carbocycles. The zero-order valence-electron chi connectivity index (χ0n) is 10.7. The average Bonchev–Trinajstić information content (AvgIpc) is 2.37. The van der Waals surface area contributed by atoms with Crippen LogP contribution in [0.5, 0.6) is 0 Å². The second kappa shape index (κ2) is 6.58. The van der Waals surface area contributed by atoms with Gasteiger partial charge in [-0.05, 0) is 17.7 Å². The summed E-state index contributed by atoms with van der Waals surface area (Å²) in [5.41, 5.74) is -0.407. The minimum Gasteiger partial charge on any atom is -0.480 e. The van der Waals surface area contributed by atoms with Gasteiger partial charge in [0.1, 0.15) is 6.04 Å². The molecule has 0 saturated carbocycles. The van der Waals surface area contributed by atoms with E-state index in [1.807, 2.05) is 0 Å². The van der Waals surface area contributed by atoms with Crippen LogP contribution in [-0.2, 0) is 17.5 Å². The largest absolute Gasteiger partial charge is 0.480 e. The average molecular weight is 292 g/mol. The van der Waals surface area contributed by atoms with Crippen molar-refractivity contribution >= 4 is 11.7 Å². The lowest BCUT2D eigenvalue weighted by Gasteiger charge is -2.15. The highest BCUT2D eigenvalue weighted by atomic mass is 19.4. The number of carboxylic acid groups (broad SMARTS) is 1. The Hall–Kier alpha value is -1.80. The standard InChI is InChI=1S/C12H15F3N2O3/c1-16-9-4-7(2-3-8(9)12(13,14)15)5-17-10(6-18)11(19)20/h2-4,10,16-18H,5-6H2,1H3,(H,19,20). The molecule has 1 atom stereocenters. The smallest absolute Gasteiger partial charge is 0.418 e. The minimum atomic E-state index is -4.46. The van der Waals surface area contributed by atoms with Crippen LogP contribution in [0.25, 0.3) is 0 Å². The summed E-state index contributed by atoms with van der Waals surface area (Å²) in [6.45, 7) is -0.570. The molecular formula is C12H15F3N2O3. The number of alkyl halides is 3. The first kappa shape index (κ1) is 16.3. The van der Waals surface area contributed by atoms with Gasteiger partial charge in [-0.25, -0.2) is 0 Å². The van der Waals surface area contributed by atoms with E-state index in [4.69, 9.17) is 10.2 Å². The molecule has 5 nitrogen and oxygen atoms in total. The fraction of sp³-hybridized carbons (Fsp3) is 0.417. The summed E-state index contributed by atoms with van der Waals surface area (Å²) in [5, 5.41) is 22.5. The lowest BCUT2D eigenvalue weighted by molar-refractivity contribution is -0.140. The molecule has 0 spiro atoms. The van der Waals surface area contributed by atoms with Crippen LogP contribution in [0, 0.1) is 0 Å². The zero-order valence-corrected chi connectivity index (χ0v) is 10.7. The van der Waals surface area contributed by atoms with Crippen LogP contribution in [0.15, 0.2) is 18.2 Å². The summed E-state index contributed by atoms with van der Waals surface area (Å²) in [6, 6.07) is 2.31. The Morgan fingerprint density at radius 3 is 2.50 bits per heavy atom. The lowest BCUT2D eigenvalue weighted by atomic mass is 10.1. The number of hydrogen-bond donors (Lipinski definition) is 4. The zero-order chi connectivity index (χ0) is 15.3. The predicted molar refractivity (Wildman–Crippen MR) is 66.3 cm³/mol. The normalized spacial score (nSPS) is 13.1. The van der Waals surface area contributed by atoms with Gasteiger partial charge in [-0.2, -0.15) is 13.2 Å². The van der Waals surface area contributed by atoms with E-state index >= 15 is 0 Å². The van der Waals surface area contributed by atoms with Crippen LogP contribution in [0.1, 0.15) is 11.1 Å². The molecular weight excluding hydrogens is 277 g/mol. The molecule has 1 unspecified atom stereocenters. The number of aliphatic hydroxyl groups is 1. The number of halogens is 3. The number of carboxylic acids is 1. The van der Waals surface area contributed by atoms with Gasteiger partial charge in [0, 0.05) is 19.3 Å². The van der Waals surface area contributed by atoms with Gasteiger partial charge in [0.25, 0.3) is 0 Å². The molecule has 0 radical (unpaired) electrons. The van der Waals surface area contributed by atoms with Crippen molar-refractivity contribution in [3.05, 3.63) is 29.3 Å². The van der Waals surface area contributed by atoms with Crippen LogP contribution in [0.2, 0.25) is 0 Å². The second-order valence-corrected chi connectivity index (χ2v) is 4.08. The molecule has 112 valence electrons. The van der Waals surface area contributed by atoms with Crippen molar-refractivity contribution < 1.29 is 28.2 Å². The van der Waals surface area contributed by atoms with Crippen molar-refractivity contribution in [2.45, 2.75) is 18.8 Å². The highest BCUT2D eigenvalue weighted by molar-refractivity contribution is 5.73. The number of anilines is 1. The molecule has 0 aliphatic carbocycles. The van der Waals surface area contributed by atoms with E-state index in [0.717, 1.165) is 6.07 Å². The van der Waals surface area contributed by atoms with E-state index in [1.165, 1.54) is 19.2 Å². The second-order valence-electron chi connectivity index (χ2n) is 4.08. The topological polar surface area (TPSA) is 81.6 Å². The number of hydrogen-bond acceptors (Lipinski definition) is 4. The number of aliphatic hydroxyl groups excluding tert-OH is 1. The van der Waals surface area contributed by atoms with Crippen molar-refractivity contribution in [2.75, 3.05) is 19.0 Å². The van der Waals surface area contributed by atoms with Gasteiger partial charge in [0.15, 0.2) is 0 Å². The van der Waals surface area contributed by atoms with Crippen molar-refractivity contribution in [2.24, 2.45) is 0 Å². The summed E-state index contributed by atoms with van der Waals surface area (Å²) >= 11 is 0. The molecule has 0 fully saturated rings. The third-order valence-corrected chi connectivity index (χ3v) is 2.69. The Bertz CT molecular complexity index is 478. The van der Waals surface area contributed by atoms with Gasteiger partial charge in [0.05, 0.1) is 12.2 Å². The molecule has 20 heavy (non-hydrogen) atoms. The molecule has 0 bridgehead atoms. The number of benzene rings is 1. The van der Waals surface area contributed by atoms with Gasteiger partial charge in [-0.15, -0.1) is 0 Å².